The van der Waals surface area contributed by atoms with Crippen molar-refractivity contribution in [2.24, 2.45) is 0 Å². The molecule has 2 unspecified atom stereocenters. The fourth-order valence-electron chi connectivity index (χ4n) is 4.14. The molecule has 2 atom stereocenters. The molecule has 3 aliphatic rings. The zero-order valence-corrected chi connectivity index (χ0v) is 14.9. The van der Waals surface area contributed by atoms with Gasteiger partial charge in [0.25, 0.3) is 5.91 Å². The second-order valence-electron chi connectivity index (χ2n) is 7.39. The zero-order valence-electron chi connectivity index (χ0n) is 14.9. The number of carbonyl (C=O) groups is 1. The van der Waals surface area contributed by atoms with Gasteiger partial charge in [-0.3, -0.25) is 9.69 Å². The van der Waals surface area contributed by atoms with E-state index >= 15 is 0 Å². The SMILES string of the molecule is O=C(C1CN(CC2CCCCO2)CCO1)N1CCc2ccccc2C1. The monoisotopic (exact) mass is 344 g/mol. The van der Waals surface area contributed by atoms with Crippen molar-refractivity contribution in [1.29, 1.82) is 0 Å². The topological polar surface area (TPSA) is 42.0 Å². The maximum absolute atomic E-state index is 12.9. The molecule has 0 N–H and O–H groups in total. The van der Waals surface area contributed by atoms with Crippen molar-refractivity contribution in [2.45, 2.75) is 44.4 Å². The third kappa shape index (κ3) is 4.05. The predicted molar refractivity (Wildman–Crippen MR) is 95.3 cm³/mol. The van der Waals surface area contributed by atoms with E-state index in [4.69, 9.17) is 9.47 Å². The molecule has 1 aromatic carbocycles. The Labute approximate surface area is 149 Å². The quantitative estimate of drug-likeness (QED) is 0.839. The van der Waals surface area contributed by atoms with Crippen molar-refractivity contribution in [2.75, 3.05) is 39.4 Å². The van der Waals surface area contributed by atoms with E-state index in [1.807, 2.05) is 4.90 Å². The van der Waals surface area contributed by atoms with Crippen LogP contribution >= 0.6 is 0 Å². The normalized spacial score (nSPS) is 27.8. The summed E-state index contributed by atoms with van der Waals surface area (Å²) in [5.41, 5.74) is 2.64. The summed E-state index contributed by atoms with van der Waals surface area (Å²) in [7, 11) is 0. The Morgan fingerprint density at radius 3 is 2.80 bits per heavy atom. The molecule has 1 aromatic rings. The first-order valence-electron chi connectivity index (χ1n) is 9.61. The van der Waals surface area contributed by atoms with Gasteiger partial charge in [-0.25, -0.2) is 0 Å². The minimum Gasteiger partial charge on any atom is -0.377 e. The number of hydrogen-bond donors (Lipinski definition) is 0. The molecule has 2 fully saturated rings. The molecule has 3 heterocycles. The van der Waals surface area contributed by atoms with Gasteiger partial charge < -0.3 is 14.4 Å². The molecular formula is C20H28N2O3. The van der Waals surface area contributed by atoms with Gasteiger partial charge in [0.15, 0.2) is 0 Å². The molecule has 0 bridgehead atoms. The Morgan fingerprint density at radius 1 is 1.08 bits per heavy atom. The molecule has 0 aromatic heterocycles. The lowest BCUT2D eigenvalue weighted by Gasteiger charge is -2.38. The van der Waals surface area contributed by atoms with Crippen molar-refractivity contribution in [1.82, 2.24) is 9.80 Å². The summed E-state index contributed by atoms with van der Waals surface area (Å²) in [4.78, 5) is 17.3. The van der Waals surface area contributed by atoms with E-state index in [9.17, 15) is 4.79 Å². The smallest absolute Gasteiger partial charge is 0.253 e. The van der Waals surface area contributed by atoms with E-state index in [0.29, 0.717) is 25.8 Å². The summed E-state index contributed by atoms with van der Waals surface area (Å²) in [5.74, 6) is 0.142. The summed E-state index contributed by atoms with van der Waals surface area (Å²) in [6.07, 6.45) is 4.50. The Bertz CT molecular complexity index is 600. The molecule has 2 saturated heterocycles. The summed E-state index contributed by atoms with van der Waals surface area (Å²) in [6.45, 7) is 5.53. The number of rotatable bonds is 3. The van der Waals surface area contributed by atoms with E-state index in [1.165, 1.54) is 24.0 Å². The van der Waals surface area contributed by atoms with Gasteiger partial charge in [0, 0.05) is 39.3 Å². The highest BCUT2D eigenvalue weighted by Gasteiger charge is 2.32. The fourth-order valence-corrected chi connectivity index (χ4v) is 4.14. The van der Waals surface area contributed by atoms with E-state index in [-0.39, 0.29) is 12.0 Å². The van der Waals surface area contributed by atoms with Crippen LogP contribution in [0.3, 0.4) is 0 Å². The molecule has 4 rings (SSSR count). The van der Waals surface area contributed by atoms with E-state index in [0.717, 1.165) is 39.1 Å². The van der Waals surface area contributed by atoms with E-state index in [2.05, 4.69) is 29.2 Å². The van der Waals surface area contributed by atoms with Gasteiger partial charge >= 0.3 is 0 Å². The van der Waals surface area contributed by atoms with Crippen molar-refractivity contribution in [3.05, 3.63) is 35.4 Å². The summed E-state index contributed by atoms with van der Waals surface area (Å²) < 4.78 is 11.7. The van der Waals surface area contributed by atoms with Crippen LogP contribution in [0.4, 0.5) is 0 Å². The molecule has 3 aliphatic heterocycles. The Morgan fingerprint density at radius 2 is 1.96 bits per heavy atom. The van der Waals surface area contributed by atoms with Gasteiger partial charge in [0.1, 0.15) is 6.10 Å². The number of amides is 1. The number of fused-ring (bicyclic) bond motifs is 1. The fraction of sp³-hybridized carbons (Fsp3) is 0.650. The second-order valence-corrected chi connectivity index (χ2v) is 7.39. The third-order valence-electron chi connectivity index (χ3n) is 5.60. The predicted octanol–water partition coefficient (Wildman–Crippen LogP) is 1.84. The first-order valence-corrected chi connectivity index (χ1v) is 9.61. The Kier molecular flexibility index (Phi) is 5.34. The van der Waals surface area contributed by atoms with Crippen molar-refractivity contribution in [3.8, 4) is 0 Å². The van der Waals surface area contributed by atoms with Crippen LogP contribution in [-0.4, -0.2) is 67.3 Å². The Balaban J connectivity index is 1.34. The molecule has 5 nitrogen and oxygen atoms in total. The van der Waals surface area contributed by atoms with Crippen molar-refractivity contribution < 1.29 is 14.3 Å². The van der Waals surface area contributed by atoms with Gasteiger partial charge in [-0.05, 0) is 36.8 Å². The first kappa shape index (κ1) is 17.0. The van der Waals surface area contributed by atoms with Crippen LogP contribution in [0.1, 0.15) is 30.4 Å². The summed E-state index contributed by atoms with van der Waals surface area (Å²) in [6, 6.07) is 8.42. The van der Waals surface area contributed by atoms with Crippen LogP contribution in [0.5, 0.6) is 0 Å². The number of morpholine rings is 1. The molecular weight excluding hydrogens is 316 g/mol. The van der Waals surface area contributed by atoms with Crippen molar-refractivity contribution >= 4 is 5.91 Å². The highest BCUT2D eigenvalue weighted by molar-refractivity contribution is 5.81. The van der Waals surface area contributed by atoms with Crippen LogP contribution in [0.2, 0.25) is 0 Å². The average molecular weight is 344 g/mol. The van der Waals surface area contributed by atoms with Gasteiger partial charge in [-0.2, -0.15) is 0 Å². The minimum atomic E-state index is -0.331. The number of ether oxygens (including phenoxy) is 2. The molecule has 0 saturated carbocycles. The molecule has 5 heteroatoms. The third-order valence-corrected chi connectivity index (χ3v) is 5.60. The van der Waals surface area contributed by atoms with Crippen LogP contribution < -0.4 is 0 Å². The average Bonchev–Trinajstić information content (AvgIpc) is 2.68. The highest BCUT2D eigenvalue weighted by atomic mass is 16.5. The van der Waals surface area contributed by atoms with Crippen LogP contribution in [0.25, 0.3) is 0 Å². The van der Waals surface area contributed by atoms with Crippen LogP contribution in [-0.2, 0) is 27.2 Å². The maximum Gasteiger partial charge on any atom is 0.253 e. The van der Waals surface area contributed by atoms with Gasteiger partial charge in [0.2, 0.25) is 0 Å². The molecule has 0 aliphatic carbocycles. The van der Waals surface area contributed by atoms with Gasteiger partial charge in [0.05, 0.1) is 12.7 Å². The molecule has 25 heavy (non-hydrogen) atoms. The minimum absolute atomic E-state index is 0.142. The van der Waals surface area contributed by atoms with E-state index < -0.39 is 0 Å². The maximum atomic E-state index is 12.9. The molecule has 0 spiro atoms. The van der Waals surface area contributed by atoms with Crippen molar-refractivity contribution in [3.63, 3.8) is 0 Å². The number of nitrogens with zero attached hydrogens (tertiary/aromatic N) is 2. The lowest BCUT2D eigenvalue weighted by molar-refractivity contribution is -0.151. The standard InChI is InChI=1S/C20H28N2O3/c23-20(22-9-8-16-5-1-2-6-17(16)13-22)19-15-21(10-12-25-19)14-18-7-3-4-11-24-18/h1-2,5-6,18-19H,3-4,7-15H2. The van der Waals surface area contributed by atoms with E-state index in [1.54, 1.807) is 0 Å². The Hall–Kier alpha value is -1.43. The summed E-state index contributed by atoms with van der Waals surface area (Å²) >= 11 is 0. The number of benzene rings is 1. The summed E-state index contributed by atoms with van der Waals surface area (Å²) in [5, 5.41) is 0. The van der Waals surface area contributed by atoms with Crippen LogP contribution in [0, 0.1) is 0 Å². The highest BCUT2D eigenvalue weighted by Crippen LogP contribution is 2.21. The first-order chi connectivity index (χ1) is 12.3. The number of hydrogen-bond acceptors (Lipinski definition) is 4. The molecule has 136 valence electrons. The number of carbonyl (C=O) groups excluding carboxylic acids is 1. The van der Waals surface area contributed by atoms with Crippen LogP contribution in [0.15, 0.2) is 24.3 Å². The second kappa shape index (κ2) is 7.85. The van der Waals surface area contributed by atoms with Gasteiger partial charge in [-0.1, -0.05) is 24.3 Å². The molecule has 1 amide bonds. The lowest BCUT2D eigenvalue weighted by atomic mass is 9.99. The van der Waals surface area contributed by atoms with Gasteiger partial charge in [-0.15, -0.1) is 0 Å². The molecule has 0 radical (unpaired) electrons. The lowest BCUT2D eigenvalue weighted by Crippen LogP contribution is -2.53. The zero-order chi connectivity index (χ0) is 17.1. The largest absolute Gasteiger partial charge is 0.377 e.